The molecule has 0 amide bonds. The molecule has 4 rings (SSSR count). The molecule has 1 unspecified atom stereocenters. The van der Waals surface area contributed by atoms with Crippen LogP contribution < -0.4 is 9.46 Å². The van der Waals surface area contributed by atoms with E-state index in [9.17, 15) is 26.7 Å². The first-order chi connectivity index (χ1) is 17.0. The van der Waals surface area contributed by atoms with E-state index in [4.69, 9.17) is 27.9 Å². The lowest BCUT2D eigenvalue weighted by Crippen LogP contribution is -2.19. The Balaban J connectivity index is 1.74. The van der Waals surface area contributed by atoms with Gasteiger partial charge in [-0.05, 0) is 42.0 Å². The van der Waals surface area contributed by atoms with E-state index < -0.39 is 34.5 Å². The number of aliphatic hydroxyl groups is 1. The molecule has 0 aliphatic heterocycles. The van der Waals surface area contributed by atoms with Crippen molar-refractivity contribution in [1.29, 1.82) is 0 Å². The van der Waals surface area contributed by atoms with E-state index in [0.717, 1.165) is 24.3 Å². The van der Waals surface area contributed by atoms with Gasteiger partial charge < -0.3 is 9.84 Å². The number of hydrogen-bond acceptors (Lipinski definition) is 6. The highest BCUT2D eigenvalue weighted by Gasteiger charge is 2.31. The fraction of sp³-hybridized carbons (Fsp3) is 0.130. The third-order valence-corrected chi connectivity index (χ3v) is 7.32. The molecule has 4 aromatic rings. The molecule has 0 bridgehead atoms. The highest BCUT2D eigenvalue weighted by Crippen LogP contribution is 2.34. The van der Waals surface area contributed by atoms with Crippen LogP contribution in [-0.4, -0.2) is 30.1 Å². The number of ether oxygens (including phenoxy) is 1. The van der Waals surface area contributed by atoms with Crippen molar-refractivity contribution in [2.45, 2.75) is 17.2 Å². The third-order valence-electron chi connectivity index (χ3n) is 5.00. The number of fused-ring (bicyclic) bond motifs is 1. The van der Waals surface area contributed by atoms with E-state index in [2.05, 4.69) is 14.7 Å². The fourth-order valence-electron chi connectivity index (χ4n) is 3.24. The maximum atomic E-state index is 13.1. The molecule has 13 heteroatoms. The molecule has 3 aromatic carbocycles. The van der Waals surface area contributed by atoms with Crippen LogP contribution in [0.4, 0.5) is 19.0 Å². The second kappa shape index (κ2) is 10.1. The van der Waals surface area contributed by atoms with E-state index in [1.54, 1.807) is 24.3 Å². The smallest absolute Gasteiger partial charge is 0.416 e. The molecule has 1 aromatic heterocycles. The van der Waals surface area contributed by atoms with Crippen molar-refractivity contribution in [3.8, 4) is 5.88 Å². The Hall–Kier alpha value is -3.12. The Morgan fingerprint density at radius 2 is 1.58 bits per heavy atom. The first kappa shape index (κ1) is 26.0. The standard InChI is InChI=1S/C23H16Cl2F3N3O4S/c24-15-4-3-7-19(20(15)25)36(33,34)31-21-22(30-17-6-2-1-5-16(17)29-21)35-18(12-32)13-8-10-14(11-9-13)23(26,27)28/h1-11,18,32H,12H2,(H,29,31). The van der Waals surface area contributed by atoms with Gasteiger partial charge in [0.25, 0.3) is 15.9 Å². The van der Waals surface area contributed by atoms with Gasteiger partial charge in [-0.2, -0.15) is 13.2 Å². The second-order valence-electron chi connectivity index (χ2n) is 7.43. The molecule has 0 fully saturated rings. The molecule has 7 nitrogen and oxygen atoms in total. The maximum Gasteiger partial charge on any atom is 0.416 e. The summed E-state index contributed by atoms with van der Waals surface area (Å²) in [7, 11) is -4.32. The van der Waals surface area contributed by atoms with Crippen LogP contribution in [0.5, 0.6) is 5.88 Å². The van der Waals surface area contributed by atoms with Crippen LogP contribution in [-0.2, 0) is 16.2 Å². The minimum Gasteiger partial charge on any atom is -0.464 e. The van der Waals surface area contributed by atoms with Crippen molar-refractivity contribution < 1.29 is 31.4 Å². The van der Waals surface area contributed by atoms with E-state index in [0.29, 0.717) is 11.0 Å². The summed E-state index contributed by atoms with van der Waals surface area (Å²) in [5.74, 6) is -0.635. The Bertz CT molecular complexity index is 1520. The van der Waals surface area contributed by atoms with Crippen molar-refractivity contribution in [2.24, 2.45) is 0 Å². The summed E-state index contributed by atoms with van der Waals surface area (Å²) in [6, 6.07) is 14.6. The van der Waals surface area contributed by atoms with Crippen LogP contribution in [0.15, 0.2) is 71.6 Å². The number of anilines is 1. The molecule has 0 saturated carbocycles. The predicted octanol–water partition coefficient (Wildman–Crippen LogP) is 5.87. The van der Waals surface area contributed by atoms with E-state index in [-0.39, 0.29) is 32.2 Å². The van der Waals surface area contributed by atoms with Gasteiger partial charge in [0.2, 0.25) is 5.82 Å². The first-order valence-corrected chi connectivity index (χ1v) is 12.4. The quantitative estimate of drug-likeness (QED) is 0.294. The predicted molar refractivity (Wildman–Crippen MR) is 129 cm³/mol. The molecule has 0 aliphatic rings. The Morgan fingerprint density at radius 3 is 2.19 bits per heavy atom. The molecular weight excluding hydrogens is 542 g/mol. The zero-order chi connectivity index (χ0) is 26.1. The van der Waals surface area contributed by atoms with E-state index in [1.165, 1.54) is 18.2 Å². The lowest BCUT2D eigenvalue weighted by Gasteiger charge is -2.20. The Morgan fingerprint density at radius 1 is 0.944 bits per heavy atom. The Labute approximate surface area is 213 Å². The van der Waals surface area contributed by atoms with Gasteiger partial charge in [0.1, 0.15) is 11.0 Å². The zero-order valence-electron chi connectivity index (χ0n) is 18.0. The van der Waals surface area contributed by atoms with Crippen LogP contribution in [0.1, 0.15) is 17.2 Å². The number of rotatable bonds is 7. The molecule has 0 spiro atoms. The van der Waals surface area contributed by atoms with Crippen LogP contribution in [0.3, 0.4) is 0 Å². The van der Waals surface area contributed by atoms with Gasteiger partial charge in [0, 0.05) is 0 Å². The molecule has 0 radical (unpaired) electrons. The number of benzene rings is 3. The van der Waals surface area contributed by atoms with Gasteiger partial charge in [-0.25, -0.2) is 18.4 Å². The van der Waals surface area contributed by atoms with Gasteiger partial charge in [0.15, 0.2) is 0 Å². The number of nitrogens with zero attached hydrogens (tertiary/aromatic N) is 2. The van der Waals surface area contributed by atoms with Gasteiger partial charge in [-0.3, -0.25) is 4.72 Å². The van der Waals surface area contributed by atoms with Crippen molar-refractivity contribution in [2.75, 3.05) is 11.3 Å². The number of hydrogen-bond donors (Lipinski definition) is 2. The second-order valence-corrected chi connectivity index (χ2v) is 9.87. The molecule has 1 heterocycles. The summed E-state index contributed by atoms with van der Waals surface area (Å²) in [6.07, 6.45) is -5.72. The summed E-state index contributed by atoms with van der Waals surface area (Å²) >= 11 is 12.0. The molecular formula is C23H16Cl2F3N3O4S. The monoisotopic (exact) mass is 557 g/mol. The van der Waals surface area contributed by atoms with Crippen LogP contribution >= 0.6 is 23.2 Å². The lowest BCUT2D eigenvalue weighted by atomic mass is 10.1. The normalized spacial score (nSPS) is 12.9. The molecule has 1 atom stereocenters. The number of nitrogens with one attached hydrogen (secondary N) is 1. The first-order valence-electron chi connectivity index (χ1n) is 10.2. The largest absolute Gasteiger partial charge is 0.464 e. The van der Waals surface area contributed by atoms with Crippen LogP contribution in [0.25, 0.3) is 11.0 Å². The van der Waals surface area contributed by atoms with Gasteiger partial charge in [-0.1, -0.05) is 53.5 Å². The minimum absolute atomic E-state index is 0.0169. The summed E-state index contributed by atoms with van der Waals surface area (Å²) in [5.41, 5.74) is 0.00241. The zero-order valence-corrected chi connectivity index (χ0v) is 20.3. The van der Waals surface area contributed by atoms with Crippen molar-refractivity contribution in [3.05, 3.63) is 87.9 Å². The highest BCUT2D eigenvalue weighted by molar-refractivity contribution is 7.92. The van der Waals surface area contributed by atoms with Gasteiger partial charge in [-0.15, -0.1) is 0 Å². The van der Waals surface area contributed by atoms with E-state index in [1.807, 2.05) is 0 Å². The van der Waals surface area contributed by atoms with Crippen molar-refractivity contribution in [3.63, 3.8) is 0 Å². The minimum atomic E-state index is -4.54. The van der Waals surface area contributed by atoms with Gasteiger partial charge in [0.05, 0.1) is 33.2 Å². The topological polar surface area (TPSA) is 101 Å². The van der Waals surface area contributed by atoms with E-state index >= 15 is 0 Å². The molecule has 36 heavy (non-hydrogen) atoms. The fourth-order valence-corrected chi connectivity index (χ4v) is 5.00. The summed E-state index contributed by atoms with van der Waals surface area (Å²) in [5, 5.41) is 9.69. The number of para-hydroxylation sites is 2. The maximum absolute atomic E-state index is 13.1. The molecule has 2 N–H and O–H groups in total. The van der Waals surface area contributed by atoms with Crippen LogP contribution in [0, 0.1) is 0 Å². The summed E-state index contributed by atoms with van der Waals surface area (Å²) in [4.78, 5) is 8.26. The average molecular weight is 558 g/mol. The van der Waals surface area contributed by atoms with Gasteiger partial charge >= 0.3 is 6.18 Å². The van der Waals surface area contributed by atoms with Crippen molar-refractivity contribution >= 4 is 50.1 Å². The number of halogens is 5. The molecule has 0 aliphatic carbocycles. The number of alkyl halides is 3. The lowest BCUT2D eigenvalue weighted by molar-refractivity contribution is -0.137. The molecule has 0 saturated heterocycles. The Kier molecular flexibility index (Phi) is 7.28. The average Bonchev–Trinajstić information content (AvgIpc) is 2.83. The SMILES string of the molecule is O=S(=O)(Nc1nc2ccccc2nc1OC(CO)c1ccc(C(F)(F)F)cc1)c1cccc(Cl)c1Cl. The number of aromatic nitrogens is 2. The summed E-state index contributed by atoms with van der Waals surface area (Å²) < 4.78 is 73.0. The summed E-state index contributed by atoms with van der Waals surface area (Å²) in [6.45, 7) is -0.647. The number of sulfonamides is 1. The highest BCUT2D eigenvalue weighted by atomic mass is 35.5. The molecule has 188 valence electrons. The number of aliphatic hydroxyl groups excluding tert-OH is 1. The third kappa shape index (κ3) is 5.49. The van der Waals surface area contributed by atoms with Crippen molar-refractivity contribution in [1.82, 2.24) is 9.97 Å². The van der Waals surface area contributed by atoms with Crippen LogP contribution in [0.2, 0.25) is 10.0 Å².